The number of carbonyl (C=O) groups excluding carboxylic acids is 1. The molecular formula is C17H19N5O2. The number of hydrogen-bond acceptors (Lipinski definition) is 4. The molecule has 3 aromatic rings. The van der Waals surface area contributed by atoms with Gasteiger partial charge in [0.05, 0.1) is 5.69 Å². The lowest BCUT2D eigenvalue weighted by molar-refractivity contribution is -0.122. The Morgan fingerprint density at radius 2 is 2.04 bits per heavy atom. The summed E-state index contributed by atoms with van der Waals surface area (Å²) in [7, 11) is 0. The quantitative estimate of drug-likeness (QED) is 0.770. The Kier molecular flexibility index (Phi) is 4.41. The molecule has 1 unspecified atom stereocenters. The van der Waals surface area contributed by atoms with Crippen LogP contribution >= 0.6 is 0 Å². The Bertz CT molecular complexity index is 914. The minimum atomic E-state index is -0.341. The molecule has 1 atom stereocenters. The third kappa shape index (κ3) is 3.19. The van der Waals surface area contributed by atoms with Gasteiger partial charge in [-0.3, -0.25) is 9.59 Å². The molecule has 0 saturated carbocycles. The molecule has 1 aromatic carbocycles. The minimum absolute atomic E-state index is 0.0663. The maximum absolute atomic E-state index is 12.5. The van der Waals surface area contributed by atoms with Gasteiger partial charge in [0.1, 0.15) is 18.4 Å². The van der Waals surface area contributed by atoms with Gasteiger partial charge in [-0.25, -0.2) is 9.20 Å². The van der Waals surface area contributed by atoms with E-state index in [-0.39, 0.29) is 24.1 Å². The topological polar surface area (TPSA) is 81.3 Å². The highest BCUT2D eigenvalue weighted by Gasteiger charge is 2.13. The summed E-state index contributed by atoms with van der Waals surface area (Å²) in [6.07, 6.45) is 2.27. The van der Waals surface area contributed by atoms with Gasteiger partial charge in [-0.05, 0) is 19.4 Å². The summed E-state index contributed by atoms with van der Waals surface area (Å²) in [6, 6.07) is 11.4. The fraction of sp³-hybridized carbons (Fsp3) is 0.294. The molecule has 0 bridgehead atoms. The molecule has 0 radical (unpaired) electrons. The van der Waals surface area contributed by atoms with Crippen molar-refractivity contribution in [1.29, 1.82) is 0 Å². The van der Waals surface area contributed by atoms with Crippen molar-refractivity contribution in [2.45, 2.75) is 32.9 Å². The lowest BCUT2D eigenvalue weighted by Crippen LogP contribution is -2.38. The highest BCUT2D eigenvalue weighted by Crippen LogP contribution is 2.17. The van der Waals surface area contributed by atoms with Crippen LogP contribution in [0.5, 0.6) is 0 Å². The average Bonchev–Trinajstić information content (AvgIpc) is 3.03. The first-order chi connectivity index (χ1) is 11.6. The van der Waals surface area contributed by atoms with E-state index in [4.69, 9.17) is 0 Å². The SMILES string of the molecule is CCC(C)NC(=O)Cn1ncn2nc(-c3ccccc3)cc2c1=O. The van der Waals surface area contributed by atoms with Crippen molar-refractivity contribution in [3.63, 3.8) is 0 Å². The Labute approximate surface area is 138 Å². The summed E-state index contributed by atoms with van der Waals surface area (Å²) >= 11 is 0. The summed E-state index contributed by atoms with van der Waals surface area (Å²) in [5.74, 6) is -0.230. The Morgan fingerprint density at radius 1 is 1.29 bits per heavy atom. The molecule has 0 fully saturated rings. The maximum atomic E-state index is 12.5. The highest BCUT2D eigenvalue weighted by molar-refractivity contribution is 5.76. The van der Waals surface area contributed by atoms with Gasteiger partial charge in [0.2, 0.25) is 5.91 Å². The predicted molar refractivity (Wildman–Crippen MR) is 90.6 cm³/mol. The monoisotopic (exact) mass is 325 g/mol. The van der Waals surface area contributed by atoms with Gasteiger partial charge in [-0.1, -0.05) is 37.3 Å². The number of nitrogens with one attached hydrogen (secondary N) is 1. The van der Waals surface area contributed by atoms with E-state index < -0.39 is 0 Å². The molecule has 2 aromatic heterocycles. The number of carbonyl (C=O) groups is 1. The highest BCUT2D eigenvalue weighted by atomic mass is 16.2. The number of fused-ring (bicyclic) bond motifs is 1. The van der Waals surface area contributed by atoms with Crippen LogP contribution in [0.15, 0.2) is 47.5 Å². The van der Waals surface area contributed by atoms with E-state index in [0.29, 0.717) is 11.2 Å². The van der Waals surface area contributed by atoms with E-state index in [1.165, 1.54) is 10.8 Å². The van der Waals surface area contributed by atoms with E-state index in [0.717, 1.165) is 16.7 Å². The lowest BCUT2D eigenvalue weighted by Gasteiger charge is -2.11. The molecule has 7 heteroatoms. The first kappa shape index (κ1) is 15.9. The van der Waals surface area contributed by atoms with Crippen LogP contribution in [0.25, 0.3) is 16.8 Å². The van der Waals surface area contributed by atoms with E-state index in [2.05, 4.69) is 15.5 Å². The molecule has 0 spiro atoms. The second-order valence-electron chi connectivity index (χ2n) is 5.70. The summed E-state index contributed by atoms with van der Waals surface area (Å²) < 4.78 is 2.59. The van der Waals surface area contributed by atoms with Crippen molar-refractivity contribution >= 4 is 11.4 Å². The first-order valence-electron chi connectivity index (χ1n) is 7.88. The van der Waals surface area contributed by atoms with E-state index in [1.54, 1.807) is 6.07 Å². The van der Waals surface area contributed by atoms with Crippen LogP contribution in [0.3, 0.4) is 0 Å². The van der Waals surface area contributed by atoms with Crippen LogP contribution in [0, 0.1) is 0 Å². The standard InChI is InChI=1S/C17H19N5O2/c1-3-12(2)19-16(23)10-21-17(24)15-9-14(20-22(15)11-18-21)13-7-5-4-6-8-13/h4-9,11-12H,3,10H2,1-2H3,(H,19,23). The van der Waals surface area contributed by atoms with Gasteiger partial charge in [0.25, 0.3) is 5.56 Å². The number of rotatable bonds is 5. The van der Waals surface area contributed by atoms with Crippen LogP contribution in [0.1, 0.15) is 20.3 Å². The smallest absolute Gasteiger partial charge is 0.293 e. The molecular weight excluding hydrogens is 306 g/mol. The van der Waals surface area contributed by atoms with Gasteiger partial charge < -0.3 is 5.32 Å². The summed E-state index contributed by atoms with van der Waals surface area (Å²) in [5.41, 5.74) is 1.66. The van der Waals surface area contributed by atoms with Crippen molar-refractivity contribution < 1.29 is 4.79 Å². The third-order valence-electron chi connectivity index (χ3n) is 3.87. The van der Waals surface area contributed by atoms with E-state index in [1.807, 2.05) is 44.2 Å². The number of nitrogens with zero attached hydrogens (tertiary/aromatic N) is 4. The van der Waals surface area contributed by atoms with Gasteiger partial charge in [-0.15, -0.1) is 0 Å². The zero-order chi connectivity index (χ0) is 17.1. The van der Waals surface area contributed by atoms with Crippen LogP contribution in [-0.2, 0) is 11.3 Å². The molecule has 1 amide bonds. The summed E-state index contributed by atoms with van der Waals surface area (Å²) in [4.78, 5) is 24.5. The minimum Gasteiger partial charge on any atom is -0.352 e. The molecule has 3 rings (SSSR count). The Hall–Kier alpha value is -2.96. The van der Waals surface area contributed by atoms with Crippen molar-refractivity contribution in [2.75, 3.05) is 0 Å². The van der Waals surface area contributed by atoms with Crippen LogP contribution in [-0.4, -0.2) is 31.3 Å². The molecule has 124 valence electrons. The van der Waals surface area contributed by atoms with Gasteiger partial charge in [0, 0.05) is 11.6 Å². The Balaban J connectivity index is 1.91. The lowest BCUT2D eigenvalue weighted by atomic mass is 10.1. The van der Waals surface area contributed by atoms with E-state index in [9.17, 15) is 9.59 Å². The van der Waals surface area contributed by atoms with Crippen LogP contribution in [0.4, 0.5) is 0 Å². The first-order valence-corrected chi connectivity index (χ1v) is 7.88. The molecule has 2 heterocycles. The zero-order valence-corrected chi connectivity index (χ0v) is 13.6. The number of amides is 1. The summed E-state index contributed by atoms with van der Waals surface area (Å²) in [5, 5.41) is 11.2. The fourth-order valence-corrected chi connectivity index (χ4v) is 2.36. The number of aromatic nitrogens is 4. The van der Waals surface area contributed by atoms with Crippen LogP contribution < -0.4 is 10.9 Å². The molecule has 0 aliphatic rings. The second kappa shape index (κ2) is 6.66. The molecule has 0 saturated heterocycles. The largest absolute Gasteiger partial charge is 0.352 e. The fourth-order valence-electron chi connectivity index (χ4n) is 2.36. The molecule has 1 N–H and O–H groups in total. The van der Waals surface area contributed by atoms with Crippen molar-refractivity contribution in [1.82, 2.24) is 24.7 Å². The molecule has 7 nitrogen and oxygen atoms in total. The molecule has 24 heavy (non-hydrogen) atoms. The predicted octanol–water partition coefficient (Wildman–Crippen LogP) is 1.47. The van der Waals surface area contributed by atoms with Crippen molar-refractivity contribution in [2.24, 2.45) is 0 Å². The maximum Gasteiger partial charge on any atom is 0.293 e. The second-order valence-corrected chi connectivity index (χ2v) is 5.70. The van der Waals surface area contributed by atoms with Crippen molar-refractivity contribution in [3.8, 4) is 11.3 Å². The molecule has 0 aliphatic carbocycles. The Morgan fingerprint density at radius 3 is 2.75 bits per heavy atom. The average molecular weight is 325 g/mol. The summed E-state index contributed by atoms with van der Waals surface area (Å²) in [6.45, 7) is 3.80. The zero-order valence-electron chi connectivity index (χ0n) is 13.6. The van der Waals surface area contributed by atoms with Crippen LogP contribution in [0.2, 0.25) is 0 Å². The molecule has 0 aliphatic heterocycles. The van der Waals surface area contributed by atoms with Crippen molar-refractivity contribution in [3.05, 3.63) is 53.1 Å². The number of benzene rings is 1. The van der Waals surface area contributed by atoms with Gasteiger partial charge in [-0.2, -0.15) is 10.2 Å². The van der Waals surface area contributed by atoms with E-state index >= 15 is 0 Å². The van der Waals surface area contributed by atoms with Gasteiger partial charge >= 0.3 is 0 Å². The normalized spacial score (nSPS) is 12.2. The number of hydrogen-bond donors (Lipinski definition) is 1. The third-order valence-corrected chi connectivity index (χ3v) is 3.87. The van der Waals surface area contributed by atoms with Gasteiger partial charge in [0.15, 0.2) is 0 Å².